The lowest BCUT2D eigenvalue weighted by atomic mass is 10.0. The molecule has 214 valence electrons. The molecule has 0 radical (unpaired) electrons. The molecule has 1 aromatic heterocycles. The Hall–Kier alpha value is -3.79. The molecule has 41 heavy (non-hydrogen) atoms. The standard InChI is InChI=1S/C30H29Cl2N3O5S/c1-5-19(13-14-35(4)30(36)34-41(37)38)20-9-10-22-16-23(12-11-21(22)15-20)39-17-24-28(33-40-29(24)18(2)3)27-25(31)7-6-8-26(27)32/h5-16,18,41H,17H2,1-4H3,(H,34,36,37,38)/b14-13-,19-5+. The van der Waals surface area contributed by atoms with Crippen LogP contribution in [0.4, 0.5) is 4.79 Å². The second-order valence-electron chi connectivity index (χ2n) is 9.48. The molecule has 1 heterocycles. The number of hydrogen-bond acceptors (Lipinski definition) is 6. The van der Waals surface area contributed by atoms with E-state index in [9.17, 15) is 13.2 Å². The molecule has 0 unspecified atom stereocenters. The summed E-state index contributed by atoms with van der Waals surface area (Å²) in [6, 6.07) is 16.4. The number of amides is 2. The molecule has 0 atom stereocenters. The van der Waals surface area contributed by atoms with E-state index < -0.39 is 16.9 Å². The van der Waals surface area contributed by atoms with E-state index >= 15 is 0 Å². The lowest BCUT2D eigenvalue weighted by Crippen LogP contribution is -2.32. The van der Waals surface area contributed by atoms with Gasteiger partial charge >= 0.3 is 6.03 Å². The number of fused-ring (bicyclic) bond motifs is 1. The van der Waals surface area contributed by atoms with Crippen LogP contribution in [0.15, 0.2) is 77.5 Å². The summed E-state index contributed by atoms with van der Waals surface area (Å²) in [5.74, 6) is 1.46. The van der Waals surface area contributed by atoms with Gasteiger partial charge in [0.15, 0.2) is 0 Å². The fraction of sp³-hybridized carbons (Fsp3) is 0.200. The average Bonchev–Trinajstić information content (AvgIpc) is 3.35. The molecule has 0 saturated carbocycles. The lowest BCUT2D eigenvalue weighted by Gasteiger charge is -2.12. The van der Waals surface area contributed by atoms with Gasteiger partial charge in [-0.05, 0) is 65.2 Å². The summed E-state index contributed by atoms with van der Waals surface area (Å²) in [5.41, 5.74) is 3.75. The van der Waals surface area contributed by atoms with Crippen molar-refractivity contribution in [2.24, 2.45) is 0 Å². The van der Waals surface area contributed by atoms with E-state index in [4.69, 9.17) is 32.5 Å². The van der Waals surface area contributed by atoms with Crippen molar-refractivity contribution in [2.75, 3.05) is 7.05 Å². The van der Waals surface area contributed by atoms with E-state index in [1.807, 2.05) is 68.0 Å². The summed E-state index contributed by atoms with van der Waals surface area (Å²) in [6.07, 6.45) is 5.15. The summed E-state index contributed by atoms with van der Waals surface area (Å²) in [7, 11) is -1.55. The normalized spacial score (nSPS) is 12.0. The zero-order chi connectivity index (χ0) is 29.7. The van der Waals surface area contributed by atoms with Gasteiger partial charge in [0.1, 0.15) is 23.8 Å². The summed E-state index contributed by atoms with van der Waals surface area (Å²) >= 11 is 12.9. The van der Waals surface area contributed by atoms with Crippen molar-refractivity contribution in [3.05, 3.63) is 99.9 Å². The van der Waals surface area contributed by atoms with Crippen molar-refractivity contribution < 1.29 is 22.5 Å². The van der Waals surface area contributed by atoms with Gasteiger partial charge in [0.05, 0.1) is 15.6 Å². The van der Waals surface area contributed by atoms with Gasteiger partial charge in [-0.1, -0.05) is 72.5 Å². The molecule has 1 N–H and O–H groups in total. The average molecular weight is 615 g/mol. The van der Waals surface area contributed by atoms with Crippen molar-refractivity contribution in [3.8, 4) is 17.0 Å². The third-order valence-corrected chi connectivity index (χ3v) is 7.37. The Bertz CT molecular complexity index is 1700. The number of aromatic nitrogens is 1. The molecule has 0 bridgehead atoms. The third-order valence-electron chi connectivity index (χ3n) is 6.37. The van der Waals surface area contributed by atoms with Crippen LogP contribution >= 0.6 is 23.2 Å². The molecule has 8 nitrogen and oxygen atoms in total. The Morgan fingerprint density at radius 3 is 2.44 bits per heavy atom. The van der Waals surface area contributed by atoms with Crippen molar-refractivity contribution in [3.63, 3.8) is 0 Å². The Morgan fingerprint density at radius 2 is 1.78 bits per heavy atom. The lowest BCUT2D eigenvalue weighted by molar-refractivity contribution is 0.228. The second kappa shape index (κ2) is 13.2. The summed E-state index contributed by atoms with van der Waals surface area (Å²) in [5, 5.41) is 7.22. The molecule has 0 aliphatic heterocycles. The van der Waals surface area contributed by atoms with Crippen LogP contribution in [0.5, 0.6) is 5.75 Å². The third kappa shape index (κ3) is 7.11. The molecule has 4 rings (SSSR count). The number of ether oxygens (including phenoxy) is 1. The Balaban J connectivity index is 1.55. The second-order valence-corrected chi connectivity index (χ2v) is 11.0. The van der Waals surface area contributed by atoms with Gasteiger partial charge in [-0.25, -0.2) is 17.9 Å². The topological polar surface area (TPSA) is 102 Å². The van der Waals surface area contributed by atoms with E-state index in [0.717, 1.165) is 32.4 Å². The molecule has 0 aliphatic carbocycles. The first-order valence-corrected chi connectivity index (χ1v) is 14.6. The number of allylic oxidation sites excluding steroid dienone is 3. The molecule has 0 fully saturated rings. The largest absolute Gasteiger partial charge is 0.489 e. The number of thiol groups is 1. The van der Waals surface area contributed by atoms with E-state index in [1.165, 1.54) is 13.2 Å². The van der Waals surface area contributed by atoms with E-state index in [1.54, 1.807) is 24.3 Å². The van der Waals surface area contributed by atoms with Crippen LogP contribution in [0.2, 0.25) is 10.0 Å². The molecule has 0 spiro atoms. The Labute approximate surface area is 250 Å². The molecule has 4 aromatic rings. The van der Waals surface area contributed by atoms with Crippen LogP contribution < -0.4 is 9.46 Å². The van der Waals surface area contributed by atoms with Crippen molar-refractivity contribution in [2.45, 2.75) is 33.3 Å². The molecular weight excluding hydrogens is 585 g/mol. The van der Waals surface area contributed by atoms with E-state index in [2.05, 4.69) is 5.16 Å². The maximum atomic E-state index is 11.8. The van der Waals surface area contributed by atoms with Crippen LogP contribution in [0.25, 0.3) is 27.6 Å². The summed E-state index contributed by atoms with van der Waals surface area (Å²) in [6.45, 7) is 6.14. The van der Waals surface area contributed by atoms with E-state index in [-0.39, 0.29) is 12.5 Å². The van der Waals surface area contributed by atoms with Crippen LogP contribution in [0, 0.1) is 0 Å². The predicted octanol–water partition coefficient (Wildman–Crippen LogP) is 7.59. The van der Waals surface area contributed by atoms with Crippen LogP contribution in [0.3, 0.4) is 0 Å². The molecule has 2 amide bonds. The SMILES string of the molecule is C/C=C(\C=C/N(C)C(=O)N[SH](=O)=O)c1ccc2cc(OCc3c(-c4c(Cl)cccc4Cl)noc3C(C)C)ccc2c1. The van der Waals surface area contributed by atoms with Gasteiger partial charge < -0.3 is 14.2 Å². The molecule has 0 saturated heterocycles. The minimum atomic E-state index is -3.02. The highest BCUT2D eigenvalue weighted by atomic mass is 35.5. The smallest absolute Gasteiger partial charge is 0.334 e. The number of halogens is 2. The van der Waals surface area contributed by atoms with Crippen molar-refractivity contribution in [1.82, 2.24) is 14.8 Å². The van der Waals surface area contributed by atoms with Crippen molar-refractivity contribution >= 4 is 56.5 Å². The monoisotopic (exact) mass is 613 g/mol. The fourth-order valence-corrected chi connectivity index (χ4v) is 5.15. The zero-order valence-corrected chi connectivity index (χ0v) is 25.3. The van der Waals surface area contributed by atoms with Crippen LogP contribution in [-0.2, 0) is 17.5 Å². The maximum Gasteiger partial charge on any atom is 0.334 e. The Morgan fingerprint density at radius 1 is 1.10 bits per heavy atom. The summed E-state index contributed by atoms with van der Waals surface area (Å²) < 4.78 is 35.2. The van der Waals surface area contributed by atoms with Crippen LogP contribution in [0.1, 0.15) is 43.6 Å². The highest BCUT2D eigenvalue weighted by Gasteiger charge is 2.24. The number of carbonyl (C=O) groups is 1. The fourth-order valence-electron chi connectivity index (χ4n) is 4.26. The zero-order valence-electron chi connectivity index (χ0n) is 22.9. The van der Waals surface area contributed by atoms with Gasteiger partial charge in [0.2, 0.25) is 10.9 Å². The minimum Gasteiger partial charge on any atom is -0.489 e. The number of nitrogens with one attached hydrogen (secondary N) is 1. The number of nitrogens with zero attached hydrogens (tertiary/aromatic N) is 2. The highest BCUT2D eigenvalue weighted by molar-refractivity contribution is 7.70. The molecule has 0 aliphatic rings. The first-order valence-electron chi connectivity index (χ1n) is 12.7. The summed E-state index contributed by atoms with van der Waals surface area (Å²) in [4.78, 5) is 13.0. The predicted molar refractivity (Wildman–Crippen MR) is 164 cm³/mol. The van der Waals surface area contributed by atoms with Gasteiger partial charge in [-0.15, -0.1) is 0 Å². The molecule has 3 aromatic carbocycles. The van der Waals surface area contributed by atoms with Gasteiger partial charge in [0, 0.05) is 24.7 Å². The van der Waals surface area contributed by atoms with Gasteiger partial charge in [-0.3, -0.25) is 0 Å². The quantitative estimate of drug-likeness (QED) is 0.149. The number of urea groups is 1. The van der Waals surface area contributed by atoms with E-state index in [0.29, 0.717) is 32.8 Å². The number of hydrogen-bond donors (Lipinski definition) is 2. The number of benzene rings is 3. The van der Waals surface area contributed by atoms with Crippen LogP contribution in [-0.4, -0.2) is 31.6 Å². The van der Waals surface area contributed by atoms with Gasteiger partial charge in [-0.2, -0.15) is 0 Å². The Kier molecular flexibility index (Phi) is 9.75. The van der Waals surface area contributed by atoms with Crippen molar-refractivity contribution in [1.29, 1.82) is 0 Å². The maximum absolute atomic E-state index is 11.8. The number of rotatable bonds is 9. The van der Waals surface area contributed by atoms with Gasteiger partial charge in [0.25, 0.3) is 0 Å². The highest BCUT2D eigenvalue weighted by Crippen LogP contribution is 2.39. The molecule has 11 heteroatoms. The first-order chi connectivity index (χ1) is 19.6. The molecular formula is C30H29Cl2N3O5S. The minimum absolute atomic E-state index is 0.0753. The first kappa shape index (κ1) is 30.2. The number of carbonyl (C=O) groups excluding carboxylic acids is 1.